The number of hydrogen-bond acceptors (Lipinski definition) is 4. The predicted molar refractivity (Wildman–Crippen MR) is 238 cm³/mol. The summed E-state index contributed by atoms with van der Waals surface area (Å²) in [7, 11) is 0. The summed E-state index contributed by atoms with van der Waals surface area (Å²) in [5.41, 5.74) is 10.1. The Morgan fingerprint density at radius 3 is 1.72 bits per heavy atom. The maximum atomic E-state index is 6.43. The van der Waals surface area contributed by atoms with Gasteiger partial charge in [-0.2, -0.15) is 9.97 Å². The molecule has 0 bridgehead atoms. The van der Waals surface area contributed by atoms with Crippen molar-refractivity contribution in [3.05, 3.63) is 194 Å². The zero-order chi connectivity index (χ0) is 38.2. The quantitative estimate of drug-likeness (QED) is 0.176. The Balaban J connectivity index is 1.15. The van der Waals surface area contributed by atoms with E-state index in [2.05, 4.69) is 174 Å². The zero-order valence-corrected chi connectivity index (χ0v) is 31.2. The number of nitrogens with zero attached hydrogens (tertiary/aromatic N) is 4. The van der Waals surface area contributed by atoms with Crippen molar-refractivity contribution < 1.29 is 4.42 Å². The molecule has 0 atom stereocenters. The predicted octanol–water partition coefficient (Wildman–Crippen LogP) is 13.8. The molecule has 9 aromatic carbocycles. The zero-order valence-electron chi connectivity index (χ0n) is 31.2. The van der Waals surface area contributed by atoms with Crippen LogP contribution in [0.5, 0.6) is 0 Å². The van der Waals surface area contributed by atoms with Gasteiger partial charge < -0.3 is 4.42 Å². The summed E-state index contributed by atoms with van der Waals surface area (Å²) in [5.74, 6) is 1.77. The first-order valence-corrected chi connectivity index (χ1v) is 19.5. The second-order valence-electron chi connectivity index (χ2n) is 14.8. The second kappa shape index (κ2) is 12.8. The molecule has 0 fully saturated rings. The van der Waals surface area contributed by atoms with Crippen molar-refractivity contribution in [3.8, 4) is 51.0 Å². The first-order chi connectivity index (χ1) is 28.7. The van der Waals surface area contributed by atoms with Gasteiger partial charge in [0.2, 0.25) is 5.95 Å². The highest BCUT2D eigenvalue weighted by Gasteiger charge is 2.22. The molecule has 0 saturated carbocycles. The summed E-state index contributed by atoms with van der Waals surface area (Å²) in [4.78, 5) is 15.7. The minimum atomic E-state index is 0.555. The van der Waals surface area contributed by atoms with Crippen LogP contribution < -0.4 is 0 Å². The molecule has 3 heterocycles. The lowest BCUT2D eigenvalue weighted by Crippen LogP contribution is -2.07. The van der Waals surface area contributed by atoms with Crippen LogP contribution in [0.1, 0.15) is 0 Å². The maximum Gasteiger partial charge on any atom is 0.238 e. The summed E-state index contributed by atoms with van der Waals surface area (Å²) in [6, 6.07) is 68.1. The molecule has 0 unspecified atom stereocenters. The van der Waals surface area contributed by atoms with Crippen LogP contribution in [-0.2, 0) is 0 Å². The Morgan fingerprint density at radius 2 is 0.948 bits per heavy atom. The Hall–Kier alpha value is -7.89. The number of para-hydroxylation sites is 1. The fraction of sp³-hybridized carbons (Fsp3) is 0. The Morgan fingerprint density at radius 1 is 0.362 bits per heavy atom. The van der Waals surface area contributed by atoms with E-state index >= 15 is 0 Å². The van der Waals surface area contributed by atoms with E-state index in [1.807, 2.05) is 24.3 Å². The fourth-order valence-electron chi connectivity index (χ4n) is 8.66. The minimum absolute atomic E-state index is 0.555. The van der Waals surface area contributed by atoms with Crippen LogP contribution in [0.2, 0.25) is 0 Å². The lowest BCUT2D eigenvalue weighted by atomic mass is 9.98. The first kappa shape index (κ1) is 32.4. The first-order valence-electron chi connectivity index (χ1n) is 19.5. The van der Waals surface area contributed by atoms with E-state index in [9.17, 15) is 0 Å². The molecule has 58 heavy (non-hydrogen) atoms. The third-order valence-corrected chi connectivity index (χ3v) is 11.4. The molecule has 12 aromatic rings. The third kappa shape index (κ3) is 5.14. The van der Waals surface area contributed by atoms with Crippen molar-refractivity contribution in [1.29, 1.82) is 0 Å². The molecule has 0 aliphatic carbocycles. The number of fused-ring (bicyclic) bond motifs is 9. The third-order valence-electron chi connectivity index (χ3n) is 11.4. The van der Waals surface area contributed by atoms with E-state index in [1.165, 1.54) is 16.2 Å². The van der Waals surface area contributed by atoms with Crippen LogP contribution in [0.3, 0.4) is 0 Å². The molecule has 5 nitrogen and oxygen atoms in total. The summed E-state index contributed by atoms with van der Waals surface area (Å²) in [6.07, 6.45) is 0. The standard InChI is InChI=1S/C53H32N4O/c1-3-12-33(13-4-1)34-22-24-37(25-23-34)52-54-51(36-15-5-2-6-16-36)55-53(56-52)57-46-32-39-18-8-7-17-38(39)30-44(46)43-21-11-20-42(50(43)57)40-27-28-47-45(31-40)49-41-19-10-9-14-35(41)26-29-48(49)58-47/h1-32H. The highest BCUT2D eigenvalue weighted by atomic mass is 16.3. The Bertz CT molecular complexity index is 3550. The number of benzene rings is 9. The number of rotatable bonds is 5. The Labute approximate surface area is 333 Å². The number of aromatic nitrogens is 4. The summed E-state index contributed by atoms with van der Waals surface area (Å²) in [5, 5.41) is 9.16. The van der Waals surface area contributed by atoms with Gasteiger partial charge in [0.05, 0.1) is 11.0 Å². The maximum absolute atomic E-state index is 6.43. The van der Waals surface area contributed by atoms with Crippen LogP contribution in [0, 0.1) is 0 Å². The van der Waals surface area contributed by atoms with Gasteiger partial charge in [0.25, 0.3) is 0 Å². The topological polar surface area (TPSA) is 56.7 Å². The van der Waals surface area contributed by atoms with Gasteiger partial charge in [0.1, 0.15) is 11.2 Å². The number of furan rings is 1. The molecule has 0 N–H and O–H groups in total. The summed E-state index contributed by atoms with van der Waals surface area (Å²) in [6.45, 7) is 0. The van der Waals surface area contributed by atoms with Gasteiger partial charge in [-0.1, -0.05) is 164 Å². The average molecular weight is 741 g/mol. The monoisotopic (exact) mass is 740 g/mol. The molecule has 12 rings (SSSR count). The van der Waals surface area contributed by atoms with Crippen molar-refractivity contribution in [2.75, 3.05) is 0 Å². The molecular weight excluding hydrogens is 709 g/mol. The second-order valence-corrected chi connectivity index (χ2v) is 14.8. The van der Waals surface area contributed by atoms with E-state index < -0.39 is 0 Å². The van der Waals surface area contributed by atoms with Crippen LogP contribution in [0.15, 0.2) is 199 Å². The molecule has 0 aliphatic heterocycles. The van der Waals surface area contributed by atoms with E-state index in [0.717, 1.165) is 82.5 Å². The van der Waals surface area contributed by atoms with Crippen LogP contribution in [-0.4, -0.2) is 19.5 Å². The summed E-state index contributed by atoms with van der Waals surface area (Å²) < 4.78 is 8.68. The highest BCUT2D eigenvalue weighted by molar-refractivity contribution is 6.21. The van der Waals surface area contributed by atoms with Crippen LogP contribution >= 0.6 is 0 Å². The lowest BCUT2D eigenvalue weighted by molar-refractivity contribution is 0.669. The van der Waals surface area contributed by atoms with Gasteiger partial charge in [-0.15, -0.1) is 0 Å². The van der Waals surface area contributed by atoms with E-state index in [4.69, 9.17) is 19.4 Å². The molecule has 270 valence electrons. The van der Waals surface area contributed by atoms with Gasteiger partial charge in [-0.3, -0.25) is 4.57 Å². The highest BCUT2D eigenvalue weighted by Crippen LogP contribution is 2.42. The molecule has 3 aromatic heterocycles. The van der Waals surface area contributed by atoms with Gasteiger partial charge >= 0.3 is 0 Å². The molecule has 0 saturated heterocycles. The van der Waals surface area contributed by atoms with Gasteiger partial charge in [0.15, 0.2) is 11.6 Å². The Kier molecular flexibility index (Phi) is 7.16. The van der Waals surface area contributed by atoms with E-state index in [0.29, 0.717) is 17.6 Å². The van der Waals surface area contributed by atoms with E-state index in [-0.39, 0.29) is 0 Å². The average Bonchev–Trinajstić information content (AvgIpc) is 3.84. The molecule has 0 amide bonds. The summed E-state index contributed by atoms with van der Waals surface area (Å²) >= 11 is 0. The normalized spacial score (nSPS) is 11.8. The van der Waals surface area contributed by atoms with Crippen molar-refractivity contribution >= 4 is 65.3 Å². The van der Waals surface area contributed by atoms with E-state index in [1.54, 1.807) is 0 Å². The SMILES string of the molecule is c1ccc(-c2ccc(-c3nc(-c4ccccc4)nc(-n4c5cc6ccccc6cc5c5cccc(-c6ccc7oc8ccc9ccccc9c8c7c6)c54)n3)cc2)cc1. The van der Waals surface area contributed by atoms with Gasteiger partial charge in [-0.05, 0) is 68.6 Å². The van der Waals surface area contributed by atoms with Crippen molar-refractivity contribution in [2.45, 2.75) is 0 Å². The smallest absolute Gasteiger partial charge is 0.238 e. The van der Waals surface area contributed by atoms with Crippen LogP contribution in [0.4, 0.5) is 0 Å². The number of hydrogen-bond donors (Lipinski definition) is 0. The lowest BCUT2D eigenvalue weighted by Gasteiger charge is -2.13. The molecule has 5 heteroatoms. The van der Waals surface area contributed by atoms with Crippen molar-refractivity contribution in [3.63, 3.8) is 0 Å². The largest absolute Gasteiger partial charge is 0.456 e. The van der Waals surface area contributed by atoms with Crippen molar-refractivity contribution in [1.82, 2.24) is 19.5 Å². The fourth-order valence-corrected chi connectivity index (χ4v) is 8.66. The molecule has 0 spiro atoms. The minimum Gasteiger partial charge on any atom is -0.456 e. The van der Waals surface area contributed by atoms with Crippen LogP contribution in [0.25, 0.3) is 116 Å². The molecule has 0 radical (unpaired) electrons. The van der Waals surface area contributed by atoms with Gasteiger partial charge in [-0.25, -0.2) is 4.98 Å². The molecular formula is C53H32N4O. The van der Waals surface area contributed by atoms with Gasteiger partial charge in [0, 0.05) is 38.2 Å². The van der Waals surface area contributed by atoms with Crippen molar-refractivity contribution in [2.24, 2.45) is 0 Å². The molecule has 0 aliphatic rings.